The Kier molecular flexibility index (Phi) is 10.6. The van der Waals surface area contributed by atoms with Gasteiger partial charge < -0.3 is 10.1 Å². The minimum atomic E-state index is 0.666. The van der Waals surface area contributed by atoms with E-state index in [0.29, 0.717) is 5.88 Å². The van der Waals surface area contributed by atoms with Gasteiger partial charge in [-0.15, -0.1) is 0 Å². The van der Waals surface area contributed by atoms with Crippen LogP contribution in [0.3, 0.4) is 0 Å². The number of nitrogens with one attached hydrogen (secondary N) is 1. The molecule has 0 fully saturated rings. The first-order chi connectivity index (χ1) is 10.4. The third-order valence-corrected chi connectivity index (χ3v) is 3.80. The largest absolute Gasteiger partial charge is 0.481 e. The first kappa shape index (κ1) is 17.8. The molecule has 0 unspecified atom stereocenters. The number of hydrogen-bond donors (Lipinski definition) is 1. The molecule has 0 aliphatic heterocycles. The number of nitrogens with zero attached hydrogens (tertiary/aromatic N) is 1. The first-order valence-corrected chi connectivity index (χ1v) is 8.60. The third kappa shape index (κ3) is 9.33. The van der Waals surface area contributed by atoms with Crippen molar-refractivity contribution in [3.63, 3.8) is 0 Å². The number of aromatic nitrogens is 1. The molecule has 0 aliphatic rings. The molecule has 0 saturated heterocycles. The molecule has 1 heterocycles. The highest BCUT2D eigenvalue weighted by Gasteiger charge is 1.95. The highest BCUT2D eigenvalue weighted by molar-refractivity contribution is 5.41. The van der Waals surface area contributed by atoms with Crippen LogP contribution in [0.15, 0.2) is 18.3 Å². The molecule has 1 rings (SSSR count). The number of ether oxygens (including phenoxy) is 1. The highest BCUT2D eigenvalue weighted by atomic mass is 16.5. The monoisotopic (exact) mass is 292 g/mol. The average molecular weight is 292 g/mol. The van der Waals surface area contributed by atoms with Gasteiger partial charge in [-0.05, 0) is 12.5 Å². The summed E-state index contributed by atoms with van der Waals surface area (Å²) in [6.45, 7) is 3.31. The number of hydrogen-bond acceptors (Lipinski definition) is 3. The maximum atomic E-state index is 5.04. The SMILES string of the molecule is CCCCCCCCCCCCNc1ccc(OC)nc1. The average Bonchev–Trinajstić information content (AvgIpc) is 2.53. The van der Waals surface area contributed by atoms with Gasteiger partial charge in [-0.2, -0.15) is 0 Å². The van der Waals surface area contributed by atoms with E-state index >= 15 is 0 Å². The van der Waals surface area contributed by atoms with Gasteiger partial charge in [0.15, 0.2) is 0 Å². The fourth-order valence-corrected chi connectivity index (χ4v) is 2.45. The molecule has 0 spiro atoms. The van der Waals surface area contributed by atoms with Crippen molar-refractivity contribution in [1.82, 2.24) is 4.98 Å². The number of methoxy groups -OCH3 is 1. The van der Waals surface area contributed by atoms with E-state index in [9.17, 15) is 0 Å². The Morgan fingerprint density at radius 3 is 2.05 bits per heavy atom. The summed E-state index contributed by atoms with van der Waals surface area (Å²) >= 11 is 0. The van der Waals surface area contributed by atoms with E-state index in [0.717, 1.165) is 12.2 Å². The van der Waals surface area contributed by atoms with Crippen LogP contribution in [-0.4, -0.2) is 18.6 Å². The quantitative estimate of drug-likeness (QED) is 0.493. The molecule has 1 aromatic rings. The second-order valence-corrected chi connectivity index (χ2v) is 5.70. The first-order valence-electron chi connectivity index (χ1n) is 8.60. The van der Waals surface area contributed by atoms with Crippen molar-refractivity contribution in [1.29, 1.82) is 0 Å². The van der Waals surface area contributed by atoms with Crippen molar-refractivity contribution in [3.05, 3.63) is 18.3 Å². The maximum Gasteiger partial charge on any atom is 0.213 e. The standard InChI is InChI=1S/C18H32N2O/c1-3-4-5-6-7-8-9-10-11-12-15-19-17-13-14-18(21-2)20-16-17/h13-14,16,19H,3-12,15H2,1-2H3. The number of pyridine rings is 1. The lowest BCUT2D eigenvalue weighted by Crippen LogP contribution is -2.01. The van der Waals surface area contributed by atoms with Gasteiger partial charge in [-0.25, -0.2) is 4.98 Å². The molecule has 21 heavy (non-hydrogen) atoms. The highest BCUT2D eigenvalue weighted by Crippen LogP contribution is 2.12. The topological polar surface area (TPSA) is 34.1 Å². The number of unbranched alkanes of at least 4 members (excludes halogenated alkanes) is 9. The van der Waals surface area contributed by atoms with Crippen molar-refractivity contribution < 1.29 is 4.74 Å². The summed E-state index contributed by atoms with van der Waals surface area (Å²) in [5.74, 6) is 0.666. The lowest BCUT2D eigenvalue weighted by molar-refractivity contribution is 0.398. The van der Waals surface area contributed by atoms with E-state index in [4.69, 9.17) is 4.74 Å². The maximum absolute atomic E-state index is 5.04. The van der Waals surface area contributed by atoms with Gasteiger partial charge in [-0.1, -0.05) is 64.7 Å². The summed E-state index contributed by atoms with van der Waals surface area (Å²) in [4.78, 5) is 4.18. The molecule has 120 valence electrons. The van der Waals surface area contributed by atoms with Crippen molar-refractivity contribution in [2.75, 3.05) is 19.0 Å². The summed E-state index contributed by atoms with van der Waals surface area (Å²) in [5.41, 5.74) is 1.08. The Balaban J connectivity index is 1.88. The van der Waals surface area contributed by atoms with E-state index in [1.54, 1.807) is 7.11 Å². The van der Waals surface area contributed by atoms with Crippen LogP contribution >= 0.6 is 0 Å². The lowest BCUT2D eigenvalue weighted by atomic mass is 10.1. The Labute approximate surface area is 130 Å². The van der Waals surface area contributed by atoms with Gasteiger partial charge in [0, 0.05) is 12.6 Å². The molecule has 0 aromatic carbocycles. The van der Waals surface area contributed by atoms with Gasteiger partial charge in [0.1, 0.15) is 0 Å². The van der Waals surface area contributed by atoms with Gasteiger partial charge >= 0.3 is 0 Å². The smallest absolute Gasteiger partial charge is 0.213 e. The van der Waals surface area contributed by atoms with Crippen LogP contribution in [0, 0.1) is 0 Å². The van der Waals surface area contributed by atoms with Gasteiger partial charge in [0.05, 0.1) is 19.0 Å². The molecule has 0 saturated carbocycles. The number of rotatable bonds is 13. The van der Waals surface area contributed by atoms with Crippen molar-refractivity contribution in [2.24, 2.45) is 0 Å². The Morgan fingerprint density at radius 1 is 0.905 bits per heavy atom. The van der Waals surface area contributed by atoms with Gasteiger partial charge in [-0.3, -0.25) is 0 Å². The van der Waals surface area contributed by atoms with E-state index < -0.39 is 0 Å². The van der Waals surface area contributed by atoms with Gasteiger partial charge in [0.25, 0.3) is 0 Å². The molecule has 0 atom stereocenters. The minimum Gasteiger partial charge on any atom is -0.481 e. The summed E-state index contributed by atoms with van der Waals surface area (Å²) < 4.78 is 5.04. The minimum absolute atomic E-state index is 0.666. The zero-order valence-electron chi connectivity index (χ0n) is 13.9. The number of anilines is 1. The molecular formula is C18H32N2O. The zero-order chi connectivity index (χ0) is 15.2. The van der Waals surface area contributed by atoms with Crippen LogP contribution in [0.5, 0.6) is 5.88 Å². The second kappa shape index (κ2) is 12.5. The van der Waals surface area contributed by atoms with E-state index in [2.05, 4.69) is 17.2 Å². The van der Waals surface area contributed by atoms with Crippen LogP contribution in [0.25, 0.3) is 0 Å². The second-order valence-electron chi connectivity index (χ2n) is 5.70. The molecule has 0 amide bonds. The Hall–Kier alpha value is -1.25. The van der Waals surface area contributed by atoms with Crippen LogP contribution < -0.4 is 10.1 Å². The van der Waals surface area contributed by atoms with Crippen molar-refractivity contribution >= 4 is 5.69 Å². The summed E-state index contributed by atoms with van der Waals surface area (Å²) in [7, 11) is 1.64. The summed E-state index contributed by atoms with van der Waals surface area (Å²) in [6, 6.07) is 3.91. The summed E-state index contributed by atoms with van der Waals surface area (Å²) in [5, 5.41) is 3.40. The van der Waals surface area contributed by atoms with Crippen LogP contribution in [-0.2, 0) is 0 Å². The van der Waals surface area contributed by atoms with E-state index in [1.165, 1.54) is 64.2 Å². The fourth-order valence-electron chi connectivity index (χ4n) is 2.45. The molecule has 3 heteroatoms. The Morgan fingerprint density at radius 2 is 1.52 bits per heavy atom. The van der Waals surface area contributed by atoms with Gasteiger partial charge in [0.2, 0.25) is 5.88 Å². The van der Waals surface area contributed by atoms with Crippen LogP contribution in [0.4, 0.5) is 5.69 Å². The molecule has 0 aliphatic carbocycles. The predicted molar refractivity (Wildman–Crippen MR) is 91.1 cm³/mol. The van der Waals surface area contributed by atoms with Crippen LogP contribution in [0.2, 0.25) is 0 Å². The molecular weight excluding hydrogens is 260 g/mol. The van der Waals surface area contributed by atoms with Crippen molar-refractivity contribution in [2.45, 2.75) is 71.1 Å². The molecule has 0 bridgehead atoms. The zero-order valence-corrected chi connectivity index (χ0v) is 13.9. The normalized spacial score (nSPS) is 10.6. The molecule has 1 N–H and O–H groups in total. The molecule has 1 aromatic heterocycles. The van der Waals surface area contributed by atoms with E-state index in [1.807, 2.05) is 18.3 Å². The van der Waals surface area contributed by atoms with E-state index in [-0.39, 0.29) is 0 Å². The fraction of sp³-hybridized carbons (Fsp3) is 0.722. The Bertz CT molecular complexity index is 338. The van der Waals surface area contributed by atoms with Crippen LogP contribution in [0.1, 0.15) is 71.1 Å². The third-order valence-electron chi connectivity index (χ3n) is 3.80. The van der Waals surface area contributed by atoms with Crippen molar-refractivity contribution in [3.8, 4) is 5.88 Å². The molecule has 0 radical (unpaired) electrons. The predicted octanol–water partition coefficient (Wildman–Crippen LogP) is 5.42. The lowest BCUT2D eigenvalue weighted by Gasteiger charge is -2.06. The molecule has 3 nitrogen and oxygen atoms in total. The summed E-state index contributed by atoms with van der Waals surface area (Å²) in [6.07, 6.45) is 15.6.